The summed E-state index contributed by atoms with van der Waals surface area (Å²) in [5.41, 5.74) is 0. The third-order valence-electron chi connectivity index (χ3n) is 1.37. The highest BCUT2D eigenvalue weighted by molar-refractivity contribution is 7.93. The molecule has 13 heavy (non-hydrogen) atoms. The molecule has 5 nitrogen and oxygen atoms in total. The quantitative estimate of drug-likeness (QED) is 0.724. The highest BCUT2D eigenvalue weighted by Crippen LogP contribution is 2.19. The van der Waals surface area contributed by atoms with Crippen LogP contribution in [0.25, 0.3) is 0 Å². The molecular formula is C6H7N3O2S2. The van der Waals surface area contributed by atoms with Gasteiger partial charge in [-0.1, -0.05) is 11.3 Å². The predicted octanol–water partition coefficient (Wildman–Crippen LogP) is 0.592. The van der Waals surface area contributed by atoms with E-state index in [1.807, 2.05) is 0 Å². The average Bonchev–Trinajstić information content (AvgIpc) is 2.51. The molecule has 0 aliphatic heterocycles. The average molecular weight is 217 g/mol. The Kier molecular flexibility index (Phi) is 2.63. The van der Waals surface area contributed by atoms with Crippen LogP contribution in [0.3, 0.4) is 0 Å². The normalized spacial score (nSPS) is 11.5. The van der Waals surface area contributed by atoms with E-state index in [2.05, 4.69) is 10.2 Å². The lowest BCUT2D eigenvalue weighted by Crippen LogP contribution is -2.13. The molecule has 0 aliphatic rings. The number of rotatable bonds is 2. The lowest BCUT2D eigenvalue weighted by molar-refractivity contribution is 0.585. The summed E-state index contributed by atoms with van der Waals surface area (Å²) in [6.07, 6.45) is 0. The highest BCUT2D eigenvalue weighted by atomic mass is 32.2. The zero-order valence-corrected chi connectivity index (χ0v) is 8.68. The maximum atomic E-state index is 11.5. The fourth-order valence-corrected chi connectivity index (χ4v) is 2.78. The molecule has 0 amide bonds. The first-order valence-corrected chi connectivity index (χ1v) is 5.82. The van der Waals surface area contributed by atoms with Crippen molar-refractivity contribution in [2.24, 2.45) is 0 Å². The van der Waals surface area contributed by atoms with Crippen LogP contribution < -0.4 is 0 Å². The Morgan fingerprint density at radius 1 is 1.46 bits per heavy atom. The van der Waals surface area contributed by atoms with Gasteiger partial charge in [-0.3, -0.25) is 0 Å². The second-order valence-corrected chi connectivity index (χ2v) is 6.23. The topological polar surface area (TPSA) is 83.7 Å². The number of hydrogen-bond donors (Lipinski definition) is 0. The van der Waals surface area contributed by atoms with Crippen LogP contribution in [-0.4, -0.2) is 23.9 Å². The van der Waals surface area contributed by atoms with Crippen LogP contribution in [0.2, 0.25) is 0 Å². The first-order valence-electron chi connectivity index (χ1n) is 3.46. The van der Waals surface area contributed by atoms with Gasteiger partial charge in [-0.2, -0.15) is 5.26 Å². The van der Waals surface area contributed by atoms with E-state index in [0.717, 1.165) is 11.3 Å². The predicted molar refractivity (Wildman–Crippen MR) is 46.9 cm³/mol. The number of sulfone groups is 1. The molecule has 0 unspecified atom stereocenters. The molecule has 0 bridgehead atoms. The van der Waals surface area contributed by atoms with Gasteiger partial charge < -0.3 is 0 Å². The van der Waals surface area contributed by atoms with Gasteiger partial charge in [0.2, 0.25) is 19.2 Å². The van der Waals surface area contributed by atoms with Crippen molar-refractivity contribution in [1.82, 2.24) is 10.2 Å². The summed E-state index contributed by atoms with van der Waals surface area (Å²) in [4.78, 5) is 0. The number of aromatic nitrogens is 2. The minimum Gasteiger partial charge on any atom is -0.221 e. The summed E-state index contributed by atoms with van der Waals surface area (Å²) in [7, 11) is -3.37. The van der Waals surface area contributed by atoms with Crippen molar-refractivity contribution in [1.29, 1.82) is 5.26 Å². The lowest BCUT2D eigenvalue weighted by Gasteiger charge is -2.00. The van der Waals surface area contributed by atoms with Crippen LogP contribution in [0.5, 0.6) is 0 Å². The standard InChI is InChI=1S/C6H7N3O2S2/c1-4(2)13(10,11)6-9-8-5(3-7)12-6/h4H,1-2H3. The third-order valence-corrected chi connectivity index (χ3v) is 4.75. The van der Waals surface area contributed by atoms with Crippen molar-refractivity contribution in [3.63, 3.8) is 0 Å². The summed E-state index contributed by atoms with van der Waals surface area (Å²) in [6.45, 7) is 3.12. The molecule has 7 heteroatoms. The monoisotopic (exact) mass is 217 g/mol. The van der Waals surface area contributed by atoms with Gasteiger partial charge in [0.25, 0.3) is 0 Å². The Balaban J connectivity index is 3.18. The van der Waals surface area contributed by atoms with E-state index < -0.39 is 15.1 Å². The van der Waals surface area contributed by atoms with Gasteiger partial charge in [-0.25, -0.2) is 8.42 Å². The van der Waals surface area contributed by atoms with Gasteiger partial charge >= 0.3 is 0 Å². The Hall–Kier alpha value is -1.00. The van der Waals surface area contributed by atoms with Gasteiger partial charge in [0.05, 0.1) is 5.25 Å². The second-order valence-electron chi connectivity index (χ2n) is 2.58. The van der Waals surface area contributed by atoms with Crippen LogP contribution in [0, 0.1) is 11.3 Å². The van der Waals surface area contributed by atoms with Crippen LogP contribution in [-0.2, 0) is 9.84 Å². The van der Waals surface area contributed by atoms with E-state index in [0.29, 0.717) is 0 Å². The van der Waals surface area contributed by atoms with Crippen LogP contribution in [0.15, 0.2) is 4.34 Å². The van der Waals surface area contributed by atoms with Crippen molar-refractivity contribution in [2.45, 2.75) is 23.4 Å². The molecule has 0 atom stereocenters. The fraction of sp³-hybridized carbons (Fsp3) is 0.500. The number of nitriles is 1. The van der Waals surface area contributed by atoms with Crippen molar-refractivity contribution < 1.29 is 8.42 Å². The summed E-state index contributed by atoms with van der Waals surface area (Å²) in [5.74, 6) is 0. The van der Waals surface area contributed by atoms with Crippen molar-refractivity contribution in [3.05, 3.63) is 5.01 Å². The molecule has 0 aliphatic carbocycles. The Bertz CT molecular complexity index is 441. The van der Waals surface area contributed by atoms with Crippen LogP contribution >= 0.6 is 11.3 Å². The zero-order valence-electron chi connectivity index (χ0n) is 7.05. The molecule has 0 N–H and O–H groups in total. The van der Waals surface area contributed by atoms with Crippen molar-refractivity contribution in [3.8, 4) is 6.07 Å². The van der Waals surface area contributed by atoms with Gasteiger partial charge in [0.1, 0.15) is 6.07 Å². The fourth-order valence-electron chi connectivity index (χ4n) is 0.572. The number of hydrogen-bond acceptors (Lipinski definition) is 6. The Morgan fingerprint density at radius 2 is 2.08 bits per heavy atom. The minimum absolute atomic E-state index is 0.0687. The zero-order chi connectivity index (χ0) is 10.1. The maximum absolute atomic E-state index is 11.5. The second kappa shape index (κ2) is 3.40. The lowest BCUT2D eigenvalue weighted by atomic mass is 10.6. The molecular weight excluding hydrogens is 210 g/mol. The minimum atomic E-state index is -3.37. The smallest absolute Gasteiger partial charge is 0.221 e. The van der Waals surface area contributed by atoms with Gasteiger partial charge in [0.15, 0.2) is 0 Å². The van der Waals surface area contributed by atoms with E-state index in [-0.39, 0.29) is 9.35 Å². The summed E-state index contributed by atoms with van der Waals surface area (Å²) >= 11 is 0.797. The molecule has 0 radical (unpaired) electrons. The molecule has 1 aromatic rings. The first-order chi connectivity index (χ1) is 5.98. The molecule has 0 saturated heterocycles. The van der Waals surface area contributed by atoms with E-state index >= 15 is 0 Å². The Labute approximate surface area is 80.0 Å². The van der Waals surface area contributed by atoms with E-state index in [9.17, 15) is 8.42 Å². The molecule has 0 spiro atoms. The molecule has 70 valence electrons. The first kappa shape index (κ1) is 10.1. The molecule has 0 saturated carbocycles. The van der Waals surface area contributed by atoms with Crippen LogP contribution in [0.4, 0.5) is 0 Å². The molecule has 1 heterocycles. The molecule has 0 fully saturated rings. The number of nitrogens with zero attached hydrogens (tertiary/aromatic N) is 3. The van der Waals surface area contributed by atoms with Crippen molar-refractivity contribution >= 4 is 21.2 Å². The summed E-state index contributed by atoms with van der Waals surface area (Å²) in [5, 5.41) is 14.8. The van der Waals surface area contributed by atoms with Crippen LogP contribution in [0.1, 0.15) is 18.9 Å². The molecule has 0 aromatic carbocycles. The van der Waals surface area contributed by atoms with E-state index in [1.165, 1.54) is 0 Å². The van der Waals surface area contributed by atoms with E-state index in [4.69, 9.17) is 5.26 Å². The van der Waals surface area contributed by atoms with Crippen molar-refractivity contribution in [2.75, 3.05) is 0 Å². The van der Waals surface area contributed by atoms with Gasteiger partial charge in [-0.05, 0) is 13.8 Å². The third kappa shape index (κ3) is 1.84. The van der Waals surface area contributed by atoms with Gasteiger partial charge in [-0.15, -0.1) is 10.2 Å². The Morgan fingerprint density at radius 3 is 2.46 bits per heavy atom. The summed E-state index contributed by atoms with van der Waals surface area (Å²) < 4.78 is 22.8. The van der Waals surface area contributed by atoms with Gasteiger partial charge in [0, 0.05) is 0 Å². The SMILES string of the molecule is CC(C)S(=O)(=O)c1nnc(C#N)s1. The largest absolute Gasteiger partial charge is 0.233 e. The summed E-state index contributed by atoms with van der Waals surface area (Å²) in [6, 6.07) is 1.74. The molecule has 1 rings (SSSR count). The molecule has 1 aromatic heterocycles. The maximum Gasteiger partial charge on any atom is 0.233 e. The van der Waals surface area contributed by atoms with E-state index in [1.54, 1.807) is 19.9 Å². The highest BCUT2D eigenvalue weighted by Gasteiger charge is 2.23.